The Bertz CT molecular complexity index is 756. The van der Waals surface area contributed by atoms with Crippen LogP contribution in [0.15, 0.2) is 40.9 Å². The van der Waals surface area contributed by atoms with Gasteiger partial charge in [0.05, 0.1) is 5.69 Å². The Balaban J connectivity index is 0.00000147. The summed E-state index contributed by atoms with van der Waals surface area (Å²) in [7, 11) is 0. The van der Waals surface area contributed by atoms with E-state index in [9.17, 15) is 5.11 Å². The smallest absolute Gasteiger partial charge is 0.126 e. The van der Waals surface area contributed by atoms with Crippen molar-refractivity contribution in [2.24, 2.45) is 0 Å². The van der Waals surface area contributed by atoms with E-state index in [4.69, 9.17) is 11.6 Å². The SMILES string of the molecule is C.Cc1cc(Br)cc(O)c1-c1cc2cc(Cl)ccc2[nH]1. The number of phenolic OH excluding ortho intramolecular Hbond substituents is 1. The molecule has 0 unspecified atom stereocenters. The van der Waals surface area contributed by atoms with Gasteiger partial charge in [-0.15, -0.1) is 0 Å². The first-order valence-corrected chi connectivity index (χ1v) is 6.99. The summed E-state index contributed by atoms with van der Waals surface area (Å²) < 4.78 is 0.866. The molecule has 0 fully saturated rings. The molecular formula is C16H15BrClNO. The summed E-state index contributed by atoms with van der Waals surface area (Å²) >= 11 is 9.36. The van der Waals surface area contributed by atoms with Crippen molar-refractivity contribution in [2.45, 2.75) is 14.4 Å². The third kappa shape index (κ3) is 2.56. The number of benzene rings is 2. The molecule has 4 heteroatoms. The van der Waals surface area contributed by atoms with Gasteiger partial charge in [-0.2, -0.15) is 0 Å². The highest BCUT2D eigenvalue weighted by atomic mass is 79.9. The topological polar surface area (TPSA) is 36.0 Å². The molecule has 0 amide bonds. The van der Waals surface area contributed by atoms with E-state index in [2.05, 4.69) is 20.9 Å². The minimum Gasteiger partial charge on any atom is -0.507 e. The first-order valence-electron chi connectivity index (χ1n) is 5.82. The number of H-pyrrole nitrogens is 1. The Labute approximate surface area is 131 Å². The zero-order chi connectivity index (χ0) is 13.6. The molecule has 0 saturated carbocycles. The number of aromatic hydroxyl groups is 1. The monoisotopic (exact) mass is 351 g/mol. The van der Waals surface area contributed by atoms with Crippen molar-refractivity contribution in [1.82, 2.24) is 4.98 Å². The molecule has 0 aliphatic heterocycles. The second-order valence-electron chi connectivity index (χ2n) is 4.53. The van der Waals surface area contributed by atoms with E-state index in [-0.39, 0.29) is 13.2 Å². The van der Waals surface area contributed by atoms with Crippen LogP contribution < -0.4 is 0 Å². The lowest BCUT2D eigenvalue weighted by Crippen LogP contribution is -1.85. The summed E-state index contributed by atoms with van der Waals surface area (Å²) in [5, 5.41) is 11.9. The van der Waals surface area contributed by atoms with Crippen LogP contribution in [0, 0.1) is 6.92 Å². The molecule has 0 spiro atoms. The molecule has 3 rings (SSSR count). The predicted octanol–water partition coefficient (Wildman–Crippen LogP) is 5.90. The number of hydrogen-bond acceptors (Lipinski definition) is 1. The lowest BCUT2D eigenvalue weighted by molar-refractivity contribution is 0.476. The van der Waals surface area contributed by atoms with Gasteiger partial charge in [0, 0.05) is 26.0 Å². The van der Waals surface area contributed by atoms with Gasteiger partial charge >= 0.3 is 0 Å². The Morgan fingerprint density at radius 3 is 2.60 bits per heavy atom. The van der Waals surface area contributed by atoms with Gasteiger partial charge in [0.25, 0.3) is 0 Å². The van der Waals surface area contributed by atoms with Crippen LogP contribution in [0.3, 0.4) is 0 Å². The van der Waals surface area contributed by atoms with Gasteiger partial charge in [0.1, 0.15) is 5.75 Å². The normalized spacial score (nSPS) is 10.6. The first kappa shape index (κ1) is 14.9. The van der Waals surface area contributed by atoms with Crippen LogP contribution in [0.25, 0.3) is 22.2 Å². The van der Waals surface area contributed by atoms with E-state index in [1.807, 2.05) is 37.3 Å². The number of nitrogens with one attached hydrogen (secondary N) is 1. The number of aromatic amines is 1. The van der Waals surface area contributed by atoms with Crippen molar-refractivity contribution in [2.75, 3.05) is 0 Å². The van der Waals surface area contributed by atoms with Gasteiger partial charge in [-0.3, -0.25) is 0 Å². The van der Waals surface area contributed by atoms with Gasteiger partial charge in [-0.25, -0.2) is 0 Å². The molecule has 2 aromatic carbocycles. The maximum atomic E-state index is 10.1. The van der Waals surface area contributed by atoms with Gasteiger partial charge in [-0.05, 0) is 48.9 Å². The maximum absolute atomic E-state index is 10.1. The molecule has 0 aliphatic carbocycles. The standard InChI is InChI=1S/C15H11BrClNO.CH4/c1-8-4-10(16)7-14(19)15(8)13-6-9-5-11(17)2-3-12(9)18-13;/h2-7,18-19H,1H3;1H4. The largest absolute Gasteiger partial charge is 0.507 e. The van der Waals surface area contributed by atoms with Crippen molar-refractivity contribution in [1.29, 1.82) is 0 Å². The molecule has 2 nitrogen and oxygen atoms in total. The predicted molar refractivity (Wildman–Crippen MR) is 89.6 cm³/mol. The summed E-state index contributed by atoms with van der Waals surface area (Å²) in [6.45, 7) is 1.97. The van der Waals surface area contributed by atoms with Gasteiger partial charge in [0.15, 0.2) is 0 Å². The van der Waals surface area contributed by atoms with Crippen LogP contribution in [0.2, 0.25) is 5.02 Å². The summed E-state index contributed by atoms with van der Waals surface area (Å²) in [5.41, 5.74) is 3.71. The third-order valence-electron chi connectivity index (χ3n) is 3.13. The van der Waals surface area contributed by atoms with Crippen molar-refractivity contribution in [3.63, 3.8) is 0 Å². The summed E-state index contributed by atoms with van der Waals surface area (Å²) in [6, 6.07) is 11.4. The number of rotatable bonds is 1. The van der Waals surface area contributed by atoms with E-state index in [0.717, 1.165) is 32.2 Å². The highest BCUT2D eigenvalue weighted by Crippen LogP contribution is 2.36. The molecule has 0 bridgehead atoms. The Morgan fingerprint density at radius 1 is 1.15 bits per heavy atom. The summed E-state index contributed by atoms with van der Waals surface area (Å²) in [4.78, 5) is 3.31. The molecule has 0 atom stereocenters. The average Bonchev–Trinajstić information content (AvgIpc) is 2.69. The second kappa shape index (κ2) is 5.51. The highest BCUT2D eigenvalue weighted by molar-refractivity contribution is 9.10. The van der Waals surface area contributed by atoms with Crippen LogP contribution in [0.5, 0.6) is 5.75 Å². The van der Waals surface area contributed by atoms with E-state index < -0.39 is 0 Å². The fourth-order valence-corrected chi connectivity index (χ4v) is 3.05. The minimum atomic E-state index is 0. The molecule has 2 N–H and O–H groups in total. The van der Waals surface area contributed by atoms with Gasteiger partial charge in [-0.1, -0.05) is 35.0 Å². The fraction of sp³-hybridized carbons (Fsp3) is 0.125. The maximum Gasteiger partial charge on any atom is 0.126 e. The van der Waals surface area contributed by atoms with Crippen molar-refractivity contribution >= 4 is 38.4 Å². The van der Waals surface area contributed by atoms with Crippen LogP contribution in [0.1, 0.15) is 13.0 Å². The van der Waals surface area contributed by atoms with E-state index in [0.29, 0.717) is 5.02 Å². The minimum absolute atomic E-state index is 0. The number of halogens is 2. The zero-order valence-electron chi connectivity index (χ0n) is 10.2. The molecule has 1 heterocycles. The van der Waals surface area contributed by atoms with Crippen LogP contribution in [-0.2, 0) is 0 Å². The number of aromatic nitrogens is 1. The number of phenols is 1. The third-order valence-corrected chi connectivity index (χ3v) is 3.82. The van der Waals surface area contributed by atoms with Crippen molar-refractivity contribution in [3.8, 4) is 17.0 Å². The molecule has 1 aromatic heterocycles. The number of hydrogen-bond donors (Lipinski definition) is 2. The Morgan fingerprint density at radius 2 is 1.90 bits per heavy atom. The Hall–Kier alpha value is -1.45. The lowest BCUT2D eigenvalue weighted by Gasteiger charge is -2.07. The summed E-state index contributed by atoms with van der Waals surface area (Å²) in [6.07, 6.45) is 0. The van der Waals surface area contributed by atoms with E-state index >= 15 is 0 Å². The molecule has 0 radical (unpaired) electrons. The van der Waals surface area contributed by atoms with Crippen LogP contribution >= 0.6 is 27.5 Å². The number of fused-ring (bicyclic) bond motifs is 1. The molecule has 0 saturated heterocycles. The second-order valence-corrected chi connectivity index (χ2v) is 5.88. The fourth-order valence-electron chi connectivity index (χ4n) is 2.31. The molecule has 104 valence electrons. The zero-order valence-corrected chi connectivity index (χ0v) is 12.5. The quantitative estimate of drug-likeness (QED) is 0.562. The molecule has 20 heavy (non-hydrogen) atoms. The molecule has 0 aliphatic rings. The van der Waals surface area contributed by atoms with Crippen molar-refractivity contribution < 1.29 is 5.11 Å². The Kier molecular flexibility index (Phi) is 4.11. The van der Waals surface area contributed by atoms with Crippen molar-refractivity contribution in [3.05, 3.63) is 51.5 Å². The summed E-state index contributed by atoms with van der Waals surface area (Å²) in [5.74, 6) is 0.254. The van der Waals surface area contributed by atoms with Crippen LogP contribution in [0.4, 0.5) is 0 Å². The average molecular weight is 353 g/mol. The lowest BCUT2D eigenvalue weighted by atomic mass is 10.0. The highest BCUT2D eigenvalue weighted by Gasteiger charge is 2.12. The van der Waals surface area contributed by atoms with E-state index in [1.165, 1.54) is 0 Å². The number of aryl methyl sites for hydroxylation is 1. The van der Waals surface area contributed by atoms with Gasteiger partial charge < -0.3 is 10.1 Å². The van der Waals surface area contributed by atoms with Gasteiger partial charge in [0.2, 0.25) is 0 Å². The molecular weight excluding hydrogens is 338 g/mol. The van der Waals surface area contributed by atoms with E-state index in [1.54, 1.807) is 6.07 Å². The first-order chi connectivity index (χ1) is 9.04. The molecule has 3 aromatic rings. The van der Waals surface area contributed by atoms with Crippen LogP contribution in [-0.4, -0.2) is 10.1 Å².